The molecule has 126 valence electrons. The van der Waals surface area contributed by atoms with Gasteiger partial charge in [-0.05, 0) is 51.5 Å². The van der Waals surface area contributed by atoms with E-state index in [-0.39, 0.29) is 5.91 Å². The lowest BCUT2D eigenvalue weighted by Crippen LogP contribution is -2.18. The minimum Gasteiger partial charge on any atom is -0.494 e. The molecule has 0 aliphatic heterocycles. The van der Waals surface area contributed by atoms with E-state index in [0.717, 1.165) is 22.2 Å². The number of amides is 1. The maximum absolute atomic E-state index is 12.8. The van der Waals surface area contributed by atoms with Gasteiger partial charge in [-0.25, -0.2) is 0 Å². The highest BCUT2D eigenvalue weighted by molar-refractivity contribution is 6.08. The zero-order valence-electron chi connectivity index (χ0n) is 14.3. The van der Waals surface area contributed by atoms with Crippen molar-refractivity contribution in [3.05, 3.63) is 41.3 Å². The number of aryl methyl sites for hydroxylation is 3. The van der Waals surface area contributed by atoms with E-state index in [9.17, 15) is 4.79 Å². The lowest BCUT2D eigenvalue weighted by Gasteiger charge is -2.08. The van der Waals surface area contributed by atoms with Gasteiger partial charge in [-0.2, -0.15) is 0 Å². The molecule has 3 aromatic rings. The molecule has 6 heteroatoms. The summed E-state index contributed by atoms with van der Waals surface area (Å²) in [6, 6.07) is 7.60. The molecule has 0 atom stereocenters. The molecule has 0 aliphatic carbocycles. The van der Waals surface area contributed by atoms with E-state index >= 15 is 0 Å². The second kappa shape index (κ2) is 6.39. The molecule has 0 aliphatic rings. The molecule has 0 saturated heterocycles. The van der Waals surface area contributed by atoms with Gasteiger partial charge in [-0.3, -0.25) is 4.79 Å². The van der Waals surface area contributed by atoms with Crippen molar-refractivity contribution in [1.82, 2.24) is 9.72 Å². The Bertz CT molecular complexity index is 892. The smallest absolute Gasteiger partial charge is 0.273 e. The number of nitrogens with one attached hydrogen (secondary N) is 1. The van der Waals surface area contributed by atoms with Gasteiger partial charge in [-0.1, -0.05) is 5.16 Å². The van der Waals surface area contributed by atoms with Crippen LogP contribution >= 0.6 is 0 Å². The Kier molecular flexibility index (Phi) is 4.29. The van der Waals surface area contributed by atoms with Crippen LogP contribution in [0.4, 0.5) is 5.82 Å². The Morgan fingerprint density at radius 3 is 2.71 bits per heavy atom. The van der Waals surface area contributed by atoms with Crippen molar-refractivity contribution >= 4 is 22.6 Å². The topological polar surface area (TPSA) is 69.3 Å². The molecule has 6 nitrogen and oxygen atoms in total. The molecule has 2 heterocycles. The molecule has 0 bridgehead atoms. The van der Waals surface area contributed by atoms with Crippen molar-refractivity contribution in [2.45, 2.75) is 34.2 Å². The van der Waals surface area contributed by atoms with Crippen LogP contribution in [0.2, 0.25) is 0 Å². The minimum absolute atomic E-state index is 0.197. The van der Waals surface area contributed by atoms with Gasteiger partial charge in [-0.15, -0.1) is 0 Å². The fourth-order valence-electron chi connectivity index (χ4n) is 2.98. The summed E-state index contributed by atoms with van der Waals surface area (Å²) in [4.78, 5) is 12.8. The first-order chi connectivity index (χ1) is 11.5. The van der Waals surface area contributed by atoms with E-state index < -0.39 is 0 Å². The lowest BCUT2D eigenvalue weighted by molar-refractivity contribution is 0.101. The highest BCUT2D eigenvalue weighted by Crippen LogP contribution is 2.29. The van der Waals surface area contributed by atoms with Crippen LogP contribution < -0.4 is 10.1 Å². The SMILES string of the molecule is CCOc1ccc2c(c1)c(C)c(C(=O)Nc1cc(C)on1)n2CC. The number of carbonyl (C=O) groups is 1. The van der Waals surface area contributed by atoms with Gasteiger partial charge >= 0.3 is 0 Å². The molecule has 0 radical (unpaired) electrons. The third-order valence-corrected chi connectivity index (χ3v) is 4.00. The summed E-state index contributed by atoms with van der Waals surface area (Å²) in [5.41, 5.74) is 2.56. The van der Waals surface area contributed by atoms with Crippen LogP contribution in [-0.2, 0) is 6.54 Å². The van der Waals surface area contributed by atoms with Gasteiger partial charge in [0.15, 0.2) is 5.82 Å². The van der Waals surface area contributed by atoms with E-state index in [1.54, 1.807) is 13.0 Å². The summed E-state index contributed by atoms with van der Waals surface area (Å²) < 4.78 is 12.6. The maximum Gasteiger partial charge on any atom is 0.273 e. The molecule has 0 fully saturated rings. The highest BCUT2D eigenvalue weighted by Gasteiger charge is 2.21. The summed E-state index contributed by atoms with van der Waals surface area (Å²) in [6.45, 7) is 9.01. The van der Waals surface area contributed by atoms with Crippen molar-refractivity contribution in [2.75, 3.05) is 11.9 Å². The van der Waals surface area contributed by atoms with E-state index in [1.165, 1.54) is 0 Å². The fraction of sp³-hybridized carbons (Fsp3) is 0.333. The summed E-state index contributed by atoms with van der Waals surface area (Å²) in [6.07, 6.45) is 0. The zero-order chi connectivity index (χ0) is 17.3. The fourth-order valence-corrected chi connectivity index (χ4v) is 2.98. The molecular weight excluding hydrogens is 306 g/mol. The summed E-state index contributed by atoms with van der Waals surface area (Å²) in [5.74, 6) is 1.68. The Hall–Kier alpha value is -2.76. The Labute approximate surface area is 140 Å². The summed E-state index contributed by atoms with van der Waals surface area (Å²) in [5, 5.41) is 7.64. The molecule has 0 saturated carbocycles. The monoisotopic (exact) mass is 327 g/mol. The molecular formula is C18H21N3O3. The average Bonchev–Trinajstić information content (AvgIpc) is 3.08. The Balaban J connectivity index is 2.05. The van der Waals surface area contributed by atoms with Crippen LogP contribution in [0.5, 0.6) is 5.75 Å². The first-order valence-corrected chi connectivity index (χ1v) is 8.05. The van der Waals surface area contributed by atoms with Gasteiger partial charge < -0.3 is 19.1 Å². The average molecular weight is 327 g/mol. The molecule has 0 spiro atoms. The molecule has 2 aromatic heterocycles. The molecule has 1 amide bonds. The first kappa shape index (κ1) is 16.1. The molecule has 0 unspecified atom stereocenters. The quantitative estimate of drug-likeness (QED) is 0.771. The van der Waals surface area contributed by atoms with E-state index in [0.29, 0.717) is 30.4 Å². The highest BCUT2D eigenvalue weighted by atomic mass is 16.5. The van der Waals surface area contributed by atoms with Crippen LogP contribution in [0.1, 0.15) is 35.7 Å². The lowest BCUT2D eigenvalue weighted by atomic mass is 10.1. The predicted molar refractivity (Wildman–Crippen MR) is 92.7 cm³/mol. The second-order valence-electron chi connectivity index (χ2n) is 5.61. The molecule has 3 rings (SSSR count). The normalized spacial score (nSPS) is 11.0. The van der Waals surface area contributed by atoms with Crippen LogP contribution in [0.25, 0.3) is 10.9 Å². The number of rotatable bonds is 5. The van der Waals surface area contributed by atoms with Gasteiger partial charge in [0.05, 0.1) is 6.61 Å². The van der Waals surface area contributed by atoms with E-state index in [4.69, 9.17) is 9.26 Å². The third kappa shape index (κ3) is 2.75. The Morgan fingerprint density at radius 1 is 1.29 bits per heavy atom. The van der Waals surface area contributed by atoms with E-state index in [2.05, 4.69) is 10.5 Å². The number of carbonyl (C=O) groups excluding carboxylic acids is 1. The predicted octanol–water partition coefficient (Wildman–Crippen LogP) is 3.92. The Morgan fingerprint density at radius 2 is 2.08 bits per heavy atom. The van der Waals surface area contributed by atoms with Gasteiger partial charge in [0, 0.05) is 23.5 Å². The standard InChI is InChI=1S/C18H21N3O3/c1-5-21-15-8-7-13(23-6-2)10-14(15)12(4)17(21)18(22)19-16-9-11(3)24-20-16/h7-10H,5-6H2,1-4H3,(H,19,20,22). The van der Waals surface area contributed by atoms with Crippen molar-refractivity contribution in [1.29, 1.82) is 0 Å². The number of aromatic nitrogens is 2. The first-order valence-electron chi connectivity index (χ1n) is 8.05. The van der Waals surface area contributed by atoms with Gasteiger partial charge in [0.25, 0.3) is 5.91 Å². The van der Waals surface area contributed by atoms with Crippen molar-refractivity contribution < 1.29 is 14.1 Å². The van der Waals surface area contributed by atoms with Crippen LogP contribution in [-0.4, -0.2) is 22.2 Å². The third-order valence-electron chi connectivity index (χ3n) is 4.00. The number of nitrogens with zero attached hydrogens (tertiary/aromatic N) is 2. The van der Waals surface area contributed by atoms with E-state index in [1.807, 2.05) is 43.5 Å². The number of fused-ring (bicyclic) bond motifs is 1. The summed E-state index contributed by atoms with van der Waals surface area (Å²) >= 11 is 0. The van der Waals surface area contributed by atoms with Crippen molar-refractivity contribution in [3.63, 3.8) is 0 Å². The number of anilines is 1. The minimum atomic E-state index is -0.197. The van der Waals surface area contributed by atoms with Crippen LogP contribution in [0.3, 0.4) is 0 Å². The van der Waals surface area contributed by atoms with Gasteiger partial charge in [0.1, 0.15) is 17.2 Å². The molecule has 1 N–H and O–H groups in total. The van der Waals surface area contributed by atoms with Crippen LogP contribution in [0.15, 0.2) is 28.8 Å². The van der Waals surface area contributed by atoms with Gasteiger partial charge in [0.2, 0.25) is 0 Å². The molecule has 1 aromatic carbocycles. The number of benzene rings is 1. The van der Waals surface area contributed by atoms with Crippen LogP contribution in [0, 0.1) is 13.8 Å². The maximum atomic E-state index is 12.8. The zero-order valence-corrected chi connectivity index (χ0v) is 14.3. The molecule has 24 heavy (non-hydrogen) atoms. The van der Waals surface area contributed by atoms with Crippen molar-refractivity contribution in [2.24, 2.45) is 0 Å². The number of hydrogen-bond donors (Lipinski definition) is 1. The second-order valence-corrected chi connectivity index (χ2v) is 5.61. The summed E-state index contributed by atoms with van der Waals surface area (Å²) in [7, 11) is 0. The largest absolute Gasteiger partial charge is 0.494 e. The van der Waals surface area contributed by atoms with Crippen molar-refractivity contribution in [3.8, 4) is 5.75 Å². The number of hydrogen-bond acceptors (Lipinski definition) is 4. The number of ether oxygens (including phenoxy) is 1.